The van der Waals surface area contributed by atoms with Gasteiger partial charge in [-0.2, -0.15) is 0 Å². The zero-order valence-electron chi connectivity index (χ0n) is 11.3. The van der Waals surface area contributed by atoms with Crippen LogP contribution in [0.2, 0.25) is 0 Å². The predicted octanol–water partition coefficient (Wildman–Crippen LogP) is 2.22. The number of rotatable bonds is 6. The van der Waals surface area contributed by atoms with Crippen molar-refractivity contribution in [3.8, 4) is 0 Å². The fraction of sp³-hybridized carbons (Fsp3) is 0.615. The zero-order valence-corrected chi connectivity index (χ0v) is 12.1. The summed E-state index contributed by atoms with van der Waals surface area (Å²) in [6.45, 7) is 4.05. The van der Waals surface area contributed by atoms with E-state index in [2.05, 4.69) is 14.6 Å². The number of anilines is 2. The fourth-order valence-electron chi connectivity index (χ4n) is 2.14. The molecule has 1 aliphatic rings. The Kier molecular flexibility index (Phi) is 4.63. The summed E-state index contributed by atoms with van der Waals surface area (Å²) >= 11 is 0. The van der Waals surface area contributed by atoms with Crippen LogP contribution in [0.25, 0.3) is 0 Å². The van der Waals surface area contributed by atoms with E-state index in [4.69, 9.17) is 0 Å². The molecule has 6 heteroatoms. The van der Waals surface area contributed by atoms with Gasteiger partial charge in [-0.15, -0.1) is 0 Å². The average Bonchev–Trinajstić information content (AvgIpc) is 2.91. The summed E-state index contributed by atoms with van der Waals surface area (Å²) in [5.41, 5.74) is 0.541. The summed E-state index contributed by atoms with van der Waals surface area (Å²) in [4.78, 5) is 6.54. The second-order valence-electron chi connectivity index (χ2n) is 4.87. The summed E-state index contributed by atoms with van der Waals surface area (Å²) in [6, 6.07) is 3.66. The second kappa shape index (κ2) is 6.23. The number of pyridine rings is 1. The van der Waals surface area contributed by atoms with Gasteiger partial charge in [-0.25, -0.2) is 13.4 Å². The minimum atomic E-state index is -3.23. The lowest BCUT2D eigenvalue weighted by atomic mass is 10.4. The van der Waals surface area contributed by atoms with E-state index in [9.17, 15) is 8.42 Å². The van der Waals surface area contributed by atoms with Gasteiger partial charge in [-0.05, 0) is 31.4 Å². The molecule has 2 heterocycles. The van der Waals surface area contributed by atoms with Gasteiger partial charge in [0.1, 0.15) is 5.82 Å². The fourth-order valence-corrected chi connectivity index (χ4v) is 3.40. The maximum absolute atomic E-state index is 11.8. The molecule has 0 radical (unpaired) electrons. The summed E-state index contributed by atoms with van der Waals surface area (Å²) in [7, 11) is -3.23. The summed E-state index contributed by atoms with van der Waals surface area (Å²) in [5.74, 6) is 1.09. The highest BCUT2D eigenvalue weighted by molar-refractivity contribution is 7.92. The normalized spacial score (nSPS) is 15.7. The van der Waals surface area contributed by atoms with Crippen LogP contribution in [0.15, 0.2) is 18.3 Å². The molecule has 1 saturated heterocycles. The number of unbranched alkanes of at least 4 members (excludes halogenated alkanes) is 1. The van der Waals surface area contributed by atoms with Crippen LogP contribution in [-0.4, -0.2) is 32.2 Å². The minimum Gasteiger partial charge on any atom is -0.357 e. The third-order valence-electron chi connectivity index (χ3n) is 3.22. The van der Waals surface area contributed by atoms with Gasteiger partial charge in [0, 0.05) is 13.1 Å². The maximum atomic E-state index is 11.8. The molecule has 1 fully saturated rings. The first-order valence-corrected chi connectivity index (χ1v) is 8.47. The molecule has 2 rings (SSSR count). The summed E-state index contributed by atoms with van der Waals surface area (Å²) in [5, 5.41) is 0. The molecule has 106 valence electrons. The third-order valence-corrected chi connectivity index (χ3v) is 4.59. The standard InChI is InChI=1S/C13H21N3O2S/c1-2-3-10-19(17,18)15-12-6-7-13(14-11-12)16-8-4-5-9-16/h6-7,11,15H,2-5,8-10H2,1H3. The van der Waals surface area contributed by atoms with Gasteiger partial charge in [0.15, 0.2) is 0 Å². The SMILES string of the molecule is CCCCS(=O)(=O)Nc1ccc(N2CCCC2)nc1. The molecule has 0 saturated carbocycles. The molecular weight excluding hydrogens is 262 g/mol. The van der Waals surface area contributed by atoms with Crippen molar-refractivity contribution in [2.45, 2.75) is 32.6 Å². The number of aromatic nitrogens is 1. The Morgan fingerprint density at radius 3 is 2.63 bits per heavy atom. The Hall–Kier alpha value is -1.30. The van der Waals surface area contributed by atoms with Crippen molar-refractivity contribution >= 4 is 21.5 Å². The number of nitrogens with zero attached hydrogens (tertiary/aromatic N) is 2. The van der Waals surface area contributed by atoms with Crippen LogP contribution in [0, 0.1) is 0 Å². The van der Waals surface area contributed by atoms with E-state index in [0.29, 0.717) is 12.1 Å². The van der Waals surface area contributed by atoms with Gasteiger partial charge in [-0.1, -0.05) is 13.3 Å². The van der Waals surface area contributed by atoms with Crippen LogP contribution in [0.5, 0.6) is 0 Å². The lowest BCUT2D eigenvalue weighted by molar-refractivity contribution is 0.598. The van der Waals surface area contributed by atoms with Crippen LogP contribution >= 0.6 is 0 Å². The summed E-state index contributed by atoms with van der Waals surface area (Å²) in [6.07, 6.45) is 5.54. The molecule has 0 amide bonds. The summed E-state index contributed by atoms with van der Waals surface area (Å²) < 4.78 is 26.1. The van der Waals surface area contributed by atoms with E-state index < -0.39 is 10.0 Å². The Balaban J connectivity index is 1.98. The Morgan fingerprint density at radius 2 is 2.05 bits per heavy atom. The van der Waals surface area contributed by atoms with Crippen LogP contribution in [0.3, 0.4) is 0 Å². The number of hydrogen-bond acceptors (Lipinski definition) is 4. The first kappa shape index (κ1) is 14.1. The number of nitrogens with one attached hydrogen (secondary N) is 1. The predicted molar refractivity (Wildman–Crippen MR) is 78.0 cm³/mol. The molecule has 0 spiro atoms. The molecule has 0 aliphatic carbocycles. The lowest BCUT2D eigenvalue weighted by Gasteiger charge is -2.16. The van der Waals surface area contributed by atoms with E-state index in [0.717, 1.165) is 25.3 Å². The first-order valence-electron chi connectivity index (χ1n) is 6.82. The molecule has 0 unspecified atom stereocenters. The Labute approximate surface area is 115 Å². The molecule has 1 N–H and O–H groups in total. The minimum absolute atomic E-state index is 0.164. The van der Waals surface area contributed by atoms with E-state index in [-0.39, 0.29) is 5.75 Å². The molecule has 1 aliphatic heterocycles. The van der Waals surface area contributed by atoms with Gasteiger partial charge in [0.25, 0.3) is 0 Å². The van der Waals surface area contributed by atoms with Crippen LogP contribution in [0.4, 0.5) is 11.5 Å². The zero-order chi connectivity index (χ0) is 13.7. The lowest BCUT2D eigenvalue weighted by Crippen LogP contribution is -2.19. The van der Waals surface area contributed by atoms with E-state index in [1.165, 1.54) is 12.8 Å². The molecule has 5 nitrogen and oxygen atoms in total. The average molecular weight is 283 g/mol. The van der Waals surface area contributed by atoms with Gasteiger partial charge < -0.3 is 4.90 Å². The van der Waals surface area contributed by atoms with E-state index in [1.807, 2.05) is 13.0 Å². The number of sulfonamides is 1. The van der Waals surface area contributed by atoms with Gasteiger partial charge in [-0.3, -0.25) is 4.72 Å². The van der Waals surface area contributed by atoms with E-state index in [1.54, 1.807) is 12.3 Å². The Bertz CT molecular complexity index is 493. The molecule has 1 aromatic rings. The van der Waals surface area contributed by atoms with Crippen molar-refractivity contribution in [2.24, 2.45) is 0 Å². The highest BCUT2D eigenvalue weighted by Crippen LogP contribution is 2.19. The highest BCUT2D eigenvalue weighted by atomic mass is 32.2. The van der Waals surface area contributed by atoms with Crippen LogP contribution < -0.4 is 9.62 Å². The largest absolute Gasteiger partial charge is 0.357 e. The third kappa shape index (κ3) is 4.09. The van der Waals surface area contributed by atoms with Crippen molar-refractivity contribution in [2.75, 3.05) is 28.5 Å². The van der Waals surface area contributed by atoms with Crippen LogP contribution in [0.1, 0.15) is 32.6 Å². The highest BCUT2D eigenvalue weighted by Gasteiger charge is 2.14. The molecule has 19 heavy (non-hydrogen) atoms. The topological polar surface area (TPSA) is 62.3 Å². The maximum Gasteiger partial charge on any atom is 0.232 e. The first-order chi connectivity index (χ1) is 9.11. The molecular formula is C13H21N3O2S. The van der Waals surface area contributed by atoms with Gasteiger partial charge in [0.2, 0.25) is 10.0 Å². The molecule has 0 atom stereocenters. The van der Waals surface area contributed by atoms with Crippen molar-refractivity contribution in [3.63, 3.8) is 0 Å². The molecule has 0 bridgehead atoms. The Morgan fingerprint density at radius 1 is 1.32 bits per heavy atom. The van der Waals surface area contributed by atoms with Crippen molar-refractivity contribution < 1.29 is 8.42 Å². The molecule has 1 aromatic heterocycles. The van der Waals surface area contributed by atoms with Gasteiger partial charge in [0.05, 0.1) is 17.6 Å². The quantitative estimate of drug-likeness (QED) is 0.869. The monoisotopic (exact) mass is 283 g/mol. The molecule has 0 aromatic carbocycles. The number of hydrogen-bond donors (Lipinski definition) is 1. The van der Waals surface area contributed by atoms with Crippen LogP contribution in [-0.2, 0) is 10.0 Å². The van der Waals surface area contributed by atoms with Crippen molar-refractivity contribution in [1.82, 2.24) is 4.98 Å². The van der Waals surface area contributed by atoms with E-state index >= 15 is 0 Å². The van der Waals surface area contributed by atoms with Crippen molar-refractivity contribution in [3.05, 3.63) is 18.3 Å². The second-order valence-corrected chi connectivity index (χ2v) is 6.72. The van der Waals surface area contributed by atoms with Gasteiger partial charge >= 0.3 is 0 Å². The van der Waals surface area contributed by atoms with Crippen molar-refractivity contribution in [1.29, 1.82) is 0 Å². The smallest absolute Gasteiger partial charge is 0.232 e.